The van der Waals surface area contributed by atoms with Crippen molar-refractivity contribution in [3.05, 3.63) is 35.9 Å². The molecule has 20 heavy (non-hydrogen) atoms. The van der Waals surface area contributed by atoms with Crippen LogP contribution in [0.2, 0.25) is 0 Å². The maximum Gasteiger partial charge on any atom is 0.319 e. The highest BCUT2D eigenvalue weighted by Crippen LogP contribution is 2.26. The maximum atomic E-state index is 12.3. The van der Waals surface area contributed by atoms with Crippen LogP contribution in [0.15, 0.2) is 30.3 Å². The van der Waals surface area contributed by atoms with Gasteiger partial charge in [-0.15, -0.1) is 0 Å². The third-order valence-corrected chi connectivity index (χ3v) is 3.54. The Morgan fingerprint density at radius 3 is 2.20 bits per heavy atom. The fourth-order valence-corrected chi connectivity index (χ4v) is 1.87. The van der Waals surface area contributed by atoms with Gasteiger partial charge in [0.1, 0.15) is 12.0 Å². The van der Waals surface area contributed by atoms with Gasteiger partial charge in [-0.1, -0.05) is 37.3 Å². The number of hydrogen-bond acceptors (Lipinski definition) is 4. The van der Waals surface area contributed by atoms with Crippen LogP contribution in [0.25, 0.3) is 0 Å². The Bertz CT molecular complexity index is 478. The summed E-state index contributed by atoms with van der Waals surface area (Å²) < 4.78 is 5.24. The van der Waals surface area contributed by atoms with Crippen LogP contribution in [0, 0.1) is 5.41 Å². The zero-order valence-corrected chi connectivity index (χ0v) is 12.6. The van der Waals surface area contributed by atoms with E-state index in [1.807, 2.05) is 37.3 Å². The number of rotatable bonds is 6. The monoisotopic (exact) mass is 277 g/mol. The second kappa shape index (κ2) is 6.18. The number of Topliss-reactive ketones (excluding diaryl/α,β-unsaturated/α-hetero) is 1. The highest BCUT2D eigenvalue weighted by molar-refractivity contribution is 6.07. The molecule has 0 fully saturated rings. The van der Waals surface area contributed by atoms with E-state index in [2.05, 4.69) is 0 Å². The summed E-state index contributed by atoms with van der Waals surface area (Å²) in [5, 5.41) is 0. The summed E-state index contributed by atoms with van der Waals surface area (Å²) >= 11 is 0. The normalized spacial score (nSPS) is 14.4. The molecule has 0 radical (unpaired) electrons. The van der Waals surface area contributed by atoms with Gasteiger partial charge in [0.2, 0.25) is 0 Å². The van der Waals surface area contributed by atoms with Crippen molar-refractivity contribution in [1.29, 1.82) is 0 Å². The number of carbonyl (C=O) groups excluding carboxylic acids is 2. The molecule has 1 rings (SSSR count). The van der Waals surface area contributed by atoms with E-state index in [-0.39, 0.29) is 12.4 Å². The van der Waals surface area contributed by atoms with E-state index in [1.165, 1.54) is 0 Å². The predicted molar refractivity (Wildman–Crippen MR) is 77.9 cm³/mol. The Labute approximate surface area is 120 Å². The molecule has 0 bridgehead atoms. The summed E-state index contributed by atoms with van der Waals surface area (Å²) in [7, 11) is 0. The first-order valence-electron chi connectivity index (χ1n) is 6.76. The number of benzene rings is 1. The highest BCUT2D eigenvalue weighted by Gasteiger charge is 2.44. The number of hydrogen-bond donors (Lipinski definition) is 1. The van der Waals surface area contributed by atoms with Crippen LogP contribution in [0.5, 0.6) is 0 Å². The molecule has 0 aliphatic heterocycles. The Balaban J connectivity index is 2.73. The van der Waals surface area contributed by atoms with Gasteiger partial charge < -0.3 is 10.5 Å². The maximum absolute atomic E-state index is 12.3. The largest absolute Gasteiger partial charge is 0.460 e. The van der Waals surface area contributed by atoms with Crippen LogP contribution in [0.4, 0.5) is 0 Å². The minimum atomic E-state index is -1.24. The van der Waals surface area contributed by atoms with Gasteiger partial charge in [0.05, 0.1) is 5.54 Å². The van der Waals surface area contributed by atoms with Crippen molar-refractivity contribution in [2.45, 2.75) is 46.3 Å². The molecule has 0 aliphatic carbocycles. The SMILES string of the molecule is CCC(C)(N)C(=O)C(C)(C)C(=O)OCc1ccccc1. The Morgan fingerprint density at radius 1 is 1.15 bits per heavy atom. The Morgan fingerprint density at radius 2 is 1.70 bits per heavy atom. The van der Waals surface area contributed by atoms with Crippen molar-refractivity contribution >= 4 is 11.8 Å². The molecule has 0 aliphatic rings. The first kappa shape index (κ1) is 16.4. The summed E-state index contributed by atoms with van der Waals surface area (Å²) in [5.74, 6) is -0.845. The Kier molecular flexibility index (Phi) is 5.06. The average Bonchev–Trinajstić information content (AvgIpc) is 2.44. The number of esters is 1. The lowest BCUT2D eigenvalue weighted by Gasteiger charge is -2.30. The second-order valence-electron chi connectivity index (χ2n) is 5.79. The lowest BCUT2D eigenvalue weighted by Crippen LogP contribution is -2.53. The quantitative estimate of drug-likeness (QED) is 0.640. The summed E-state index contributed by atoms with van der Waals surface area (Å²) in [5.41, 5.74) is 4.56. The van der Waals surface area contributed by atoms with E-state index in [1.54, 1.807) is 20.8 Å². The van der Waals surface area contributed by atoms with Crippen molar-refractivity contribution in [3.63, 3.8) is 0 Å². The van der Waals surface area contributed by atoms with E-state index in [0.717, 1.165) is 5.56 Å². The molecule has 0 saturated carbocycles. The number of ether oxygens (including phenoxy) is 1. The van der Waals surface area contributed by atoms with Crippen LogP contribution >= 0.6 is 0 Å². The smallest absolute Gasteiger partial charge is 0.319 e. The molecule has 4 nitrogen and oxygen atoms in total. The standard InChI is InChI=1S/C16H23NO3/c1-5-16(4,17)13(18)15(2,3)14(19)20-11-12-9-7-6-8-10-12/h6-10H,5,11,17H2,1-4H3. The van der Waals surface area contributed by atoms with E-state index < -0.39 is 16.9 Å². The third kappa shape index (κ3) is 3.67. The summed E-state index contributed by atoms with van der Waals surface area (Å²) in [6, 6.07) is 9.35. The van der Waals surface area contributed by atoms with Crippen LogP contribution in [0.3, 0.4) is 0 Å². The van der Waals surface area contributed by atoms with E-state index in [9.17, 15) is 9.59 Å². The molecule has 0 saturated heterocycles. The van der Waals surface area contributed by atoms with Crippen LogP contribution < -0.4 is 5.73 Å². The average molecular weight is 277 g/mol. The fraction of sp³-hybridized carbons (Fsp3) is 0.500. The number of nitrogens with two attached hydrogens (primary N) is 1. The third-order valence-electron chi connectivity index (χ3n) is 3.54. The van der Waals surface area contributed by atoms with Gasteiger partial charge >= 0.3 is 5.97 Å². The molecule has 0 heterocycles. The van der Waals surface area contributed by atoms with E-state index >= 15 is 0 Å². The summed E-state index contributed by atoms with van der Waals surface area (Å²) in [4.78, 5) is 24.5. The van der Waals surface area contributed by atoms with Gasteiger partial charge in [-0.05, 0) is 32.8 Å². The van der Waals surface area contributed by atoms with Gasteiger partial charge in [-0.25, -0.2) is 0 Å². The van der Waals surface area contributed by atoms with Gasteiger partial charge in [-0.3, -0.25) is 9.59 Å². The van der Waals surface area contributed by atoms with Gasteiger partial charge in [-0.2, -0.15) is 0 Å². The predicted octanol–water partition coefficient (Wildman–Crippen LogP) is 2.45. The summed E-state index contributed by atoms with van der Waals surface area (Å²) in [6.45, 7) is 6.74. The van der Waals surface area contributed by atoms with Gasteiger partial charge in [0, 0.05) is 0 Å². The molecular weight excluding hydrogens is 254 g/mol. The van der Waals surface area contributed by atoms with Crippen molar-refractivity contribution in [1.82, 2.24) is 0 Å². The molecule has 0 spiro atoms. The van der Waals surface area contributed by atoms with E-state index in [4.69, 9.17) is 10.5 Å². The molecule has 4 heteroatoms. The lowest BCUT2D eigenvalue weighted by molar-refractivity contribution is -0.161. The van der Waals surface area contributed by atoms with Crippen LogP contribution in [-0.2, 0) is 20.9 Å². The second-order valence-corrected chi connectivity index (χ2v) is 5.79. The molecular formula is C16H23NO3. The van der Waals surface area contributed by atoms with Crippen molar-refractivity contribution in [3.8, 4) is 0 Å². The fourth-order valence-electron chi connectivity index (χ4n) is 1.87. The zero-order valence-electron chi connectivity index (χ0n) is 12.6. The molecule has 0 amide bonds. The van der Waals surface area contributed by atoms with Crippen molar-refractivity contribution in [2.24, 2.45) is 11.1 Å². The molecule has 1 aromatic rings. The van der Waals surface area contributed by atoms with Crippen molar-refractivity contribution in [2.75, 3.05) is 0 Å². The van der Waals surface area contributed by atoms with Crippen molar-refractivity contribution < 1.29 is 14.3 Å². The highest BCUT2D eigenvalue weighted by atomic mass is 16.5. The van der Waals surface area contributed by atoms with E-state index in [0.29, 0.717) is 6.42 Å². The number of ketones is 1. The zero-order chi connectivity index (χ0) is 15.4. The number of carbonyl (C=O) groups is 2. The Hall–Kier alpha value is -1.68. The minimum Gasteiger partial charge on any atom is -0.460 e. The van der Waals surface area contributed by atoms with Crippen LogP contribution in [-0.4, -0.2) is 17.3 Å². The van der Waals surface area contributed by atoms with Crippen LogP contribution in [0.1, 0.15) is 39.7 Å². The lowest BCUT2D eigenvalue weighted by atomic mass is 9.77. The topological polar surface area (TPSA) is 69.4 Å². The first-order chi connectivity index (χ1) is 9.21. The molecule has 1 unspecified atom stereocenters. The minimum absolute atomic E-state index is 0.157. The molecule has 1 atom stereocenters. The first-order valence-corrected chi connectivity index (χ1v) is 6.76. The van der Waals surface area contributed by atoms with Gasteiger partial charge in [0.15, 0.2) is 5.78 Å². The molecule has 1 aromatic carbocycles. The molecule has 2 N–H and O–H groups in total. The summed E-state index contributed by atoms with van der Waals surface area (Å²) in [6.07, 6.45) is 0.473. The molecule has 0 aromatic heterocycles. The van der Waals surface area contributed by atoms with Gasteiger partial charge in [0.25, 0.3) is 0 Å². The molecule has 110 valence electrons.